The van der Waals surface area contributed by atoms with Crippen LogP contribution in [-0.4, -0.2) is 96.9 Å². The second-order valence-electron chi connectivity index (χ2n) is 14.1. The molecule has 0 saturated carbocycles. The minimum Gasteiger partial charge on any atom is -0.377 e. The number of ether oxygens (including phenoxy) is 2. The molecular formula is C42H40FN11O2S. The number of thiazole rings is 1. The van der Waals surface area contributed by atoms with Crippen LogP contribution in [0.1, 0.15) is 18.9 Å². The monoisotopic (exact) mass is 781 g/mol. The first-order chi connectivity index (χ1) is 27.9. The molecule has 0 unspecified atom stereocenters. The SMILES string of the molecule is C[C@@H]1COCCN1c1cc(-c2ccccc2F)c2ccnc(-c3ccn[nH]3)c2n1.Cc1ncc(-c2cc(N3CCOC[C@H]3C)nc3c(-c4ccn[nH]4)nccc23)s1. The molecule has 2 aliphatic rings. The van der Waals surface area contributed by atoms with E-state index >= 15 is 0 Å². The molecule has 2 fully saturated rings. The van der Waals surface area contributed by atoms with Crippen LogP contribution in [0.2, 0.25) is 0 Å². The summed E-state index contributed by atoms with van der Waals surface area (Å²) in [6, 6.07) is 19.1. The highest BCUT2D eigenvalue weighted by Crippen LogP contribution is 2.39. The number of fused-ring (bicyclic) bond motifs is 2. The first kappa shape index (κ1) is 36.5. The van der Waals surface area contributed by atoms with Crippen molar-refractivity contribution in [2.75, 3.05) is 49.3 Å². The molecule has 0 aliphatic carbocycles. The Hall–Kier alpha value is -6.16. The van der Waals surface area contributed by atoms with Crippen molar-refractivity contribution in [3.8, 4) is 44.3 Å². The van der Waals surface area contributed by atoms with E-state index in [4.69, 9.17) is 19.4 Å². The van der Waals surface area contributed by atoms with Crippen LogP contribution in [0, 0.1) is 12.7 Å². The summed E-state index contributed by atoms with van der Waals surface area (Å²) >= 11 is 1.69. The maximum atomic E-state index is 14.7. The Morgan fingerprint density at radius 3 is 1.75 bits per heavy atom. The fraction of sp³-hybridized carbons (Fsp3) is 0.262. The number of benzene rings is 1. The van der Waals surface area contributed by atoms with Gasteiger partial charge in [0.1, 0.15) is 39.9 Å². The van der Waals surface area contributed by atoms with Gasteiger partial charge in [-0.25, -0.2) is 19.3 Å². The molecule has 7 aromatic heterocycles. The van der Waals surface area contributed by atoms with E-state index in [1.807, 2.05) is 55.7 Å². The molecule has 13 nitrogen and oxygen atoms in total. The molecule has 2 saturated heterocycles. The number of morpholine rings is 2. The van der Waals surface area contributed by atoms with Crippen LogP contribution in [0.25, 0.3) is 66.1 Å². The van der Waals surface area contributed by atoms with Crippen molar-refractivity contribution in [2.45, 2.75) is 32.9 Å². The van der Waals surface area contributed by atoms with Crippen molar-refractivity contribution in [2.24, 2.45) is 0 Å². The number of aromatic amines is 2. The largest absolute Gasteiger partial charge is 0.377 e. The minimum atomic E-state index is -0.263. The molecule has 15 heteroatoms. The van der Waals surface area contributed by atoms with Crippen LogP contribution < -0.4 is 9.80 Å². The Balaban J connectivity index is 0.000000148. The molecule has 2 N–H and O–H groups in total. The third kappa shape index (κ3) is 7.20. The Bertz CT molecular complexity index is 2650. The van der Waals surface area contributed by atoms with Gasteiger partial charge in [0.15, 0.2) is 0 Å². The summed E-state index contributed by atoms with van der Waals surface area (Å²) in [7, 11) is 0. The van der Waals surface area contributed by atoms with Crippen LogP contribution in [0.5, 0.6) is 0 Å². The second-order valence-corrected chi connectivity index (χ2v) is 15.3. The lowest BCUT2D eigenvalue weighted by molar-refractivity contribution is 0.0985. The van der Waals surface area contributed by atoms with E-state index in [2.05, 4.69) is 65.1 Å². The number of pyridine rings is 4. The highest BCUT2D eigenvalue weighted by Gasteiger charge is 2.25. The normalized spacial score (nSPS) is 17.2. The summed E-state index contributed by atoms with van der Waals surface area (Å²) in [5.41, 5.74) is 7.18. The van der Waals surface area contributed by atoms with Crippen LogP contribution in [0.4, 0.5) is 16.0 Å². The molecule has 57 heavy (non-hydrogen) atoms. The van der Waals surface area contributed by atoms with E-state index in [-0.39, 0.29) is 17.9 Å². The number of aryl methyl sites for hydroxylation is 1. The molecule has 0 amide bonds. The quantitative estimate of drug-likeness (QED) is 0.171. The third-order valence-corrected chi connectivity index (χ3v) is 11.3. The molecule has 9 heterocycles. The lowest BCUT2D eigenvalue weighted by Crippen LogP contribution is -2.44. The van der Waals surface area contributed by atoms with Gasteiger partial charge in [0.25, 0.3) is 0 Å². The van der Waals surface area contributed by atoms with E-state index in [0.717, 1.165) is 79.1 Å². The zero-order chi connectivity index (χ0) is 38.9. The van der Waals surface area contributed by atoms with Crippen molar-refractivity contribution in [3.05, 3.63) is 102 Å². The lowest BCUT2D eigenvalue weighted by atomic mass is 9.99. The molecule has 8 aromatic rings. The van der Waals surface area contributed by atoms with Crippen molar-refractivity contribution in [1.29, 1.82) is 0 Å². The average molecular weight is 782 g/mol. The molecule has 0 radical (unpaired) electrons. The topological polar surface area (TPSA) is 147 Å². The van der Waals surface area contributed by atoms with Gasteiger partial charge >= 0.3 is 0 Å². The van der Waals surface area contributed by atoms with E-state index in [1.165, 1.54) is 6.07 Å². The Morgan fingerprint density at radius 2 is 1.25 bits per heavy atom. The summed E-state index contributed by atoms with van der Waals surface area (Å²) in [4.78, 5) is 29.3. The number of nitrogens with zero attached hydrogens (tertiary/aromatic N) is 9. The van der Waals surface area contributed by atoms with Crippen LogP contribution >= 0.6 is 11.3 Å². The molecule has 1 aromatic carbocycles. The van der Waals surface area contributed by atoms with Gasteiger partial charge in [-0.15, -0.1) is 11.3 Å². The van der Waals surface area contributed by atoms with Crippen molar-refractivity contribution in [3.63, 3.8) is 0 Å². The second kappa shape index (κ2) is 15.8. The molecule has 2 atom stereocenters. The highest BCUT2D eigenvalue weighted by atomic mass is 32.1. The summed E-state index contributed by atoms with van der Waals surface area (Å²) in [6.45, 7) is 10.5. The summed E-state index contributed by atoms with van der Waals surface area (Å²) in [6.07, 6.45) is 8.91. The van der Waals surface area contributed by atoms with Gasteiger partial charge in [-0.3, -0.25) is 20.2 Å². The number of aromatic nitrogens is 9. The van der Waals surface area contributed by atoms with E-state index in [1.54, 1.807) is 42.1 Å². The minimum absolute atomic E-state index is 0.175. The number of hydrogen-bond acceptors (Lipinski definition) is 12. The summed E-state index contributed by atoms with van der Waals surface area (Å²) < 4.78 is 25.9. The molecule has 2 aliphatic heterocycles. The van der Waals surface area contributed by atoms with Gasteiger partial charge < -0.3 is 19.3 Å². The first-order valence-electron chi connectivity index (χ1n) is 18.9. The Kier molecular flexibility index (Phi) is 10.1. The van der Waals surface area contributed by atoms with Crippen molar-refractivity contribution >= 4 is 44.8 Å². The lowest BCUT2D eigenvalue weighted by Gasteiger charge is -2.34. The predicted octanol–water partition coefficient (Wildman–Crippen LogP) is 7.73. The molecule has 0 spiro atoms. The molecule has 10 rings (SSSR count). The number of halogens is 1. The fourth-order valence-corrected chi connectivity index (χ4v) is 8.28. The van der Waals surface area contributed by atoms with Gasteiger partial charge in [0.2, 0.25) is 0 Å². The van der Waals surface area contributed by atoms with Crippen molar-refractivity contribution in [1.82, 2.24) is 45.3 Å². The predicted molar refractivity (Wildman–Crippen MR) is 221 cm³/mol. The van der Waals surface area contributed by atoms with E-state index < -0.39 is 0 Å². The summed E-state index contributed by atoms with van der Waals surface area (Å²) in [5, 5.41) is 17.1. The van der Waals surface area contributed by atoms with Gasteiger partial charge in [0, 0.05) is 66.0 Å². The van der Waals surface area contributed by atoms with Gasteiger partial charge in [-0.05, 0) is 68.8 Å². The number of H-pyrrole nitrogens is 2. The smallest absolute Gasteiger partial charge is 0.131 e. The number of hydrogen-bond donors (Lipinski definition) is 2. The molecule has 0 bridgehead atoms. The van der Waals surface area contributed by atoms with Crippen LogP contribution in [-0.2, 0) is 9.47 Å². The van der Waals surface area contributed by atoms with Crippen molar-refractivity contribution < 1.29 is 13.9 Å². The fourth-order valence-electron chi connectivity index (χ4n) is 7.47. The Labute approximate surface area is 332 Å². The highest BCUT2D eigenvalue weighted by molar-refractivity contribution is 7.15. The summed E-state index contributed by atoms with van der Waals surface area (Å²) in [5.74, 6) is 1.47. The van der Waals surface area contributed by atoms with E-state index in [9.17, 15) is 4.39 Å². The number of nitrogens with one attached hydrogen (secondary N) is 2. The maximum absolute atomic E-state index is 14.7. The standard InChI is InChI=1S/C22H20FN5O.C20H20N6OS/c1-14-13-29-11-10-28(14)20-12-17(15-4-2-3-5-18(15)23)16-6-8-24-22(21(16)26-20)19-7-9-25-27-19;1-12-11-27-8-7-26(12)18-9-15(17-10-22-13(2)28-17)14-3-5-21-20(19(14)24-18)16-4-6-23-25-16/h2-9,12,14H,10-11,13H2,1H3,(H,25,27);3-6,9-10,12H,7-8,11H2,1-2H3,(H,23,25)/t14-;12-/m11/s1. The van der Waals surface area contributed by atoms with Gasteiger partial charge in [-0.2, -0.15) is 10.2 Å². The zero-order valence-corrected chi connectivity index (χ0v) is 32.5. The van der Waals surface area contributed by atoms with Gasteiger partial charge in [-0.1, -0.05) is 18.2 Å². The number of rotatable bonds is 6. The van der Waals surface area contributed by atoms with Crippen LogP contribution in [0.15, 0.2) is 91.6 Å². The number of anilines is 2. The third-order valence-electron chi connectivity index (χ3n) is 10.3. The molecule has 288 valence electrons. The van der Waals surface area contributed by atoms with E-state index in [0.29, 0.717) is 43.2 Å². The van der Waals surface area contributed by atoms with Crippen LogP contribution in [0.3, 0.4) is 0 Å². The maximum Gasteiger partial charge on any atom is 0.131 e. The first-order valence-corrected chi connectivity index (χ1v) is 19.7. The Morgan fingerprint density at radius 1 is 0.684 bits per heavy atom. The molecular weight excluding hydrogens is 742 g/mol. The zero-order valence-electron chi connectivity index (χ0n) is 31.7. The van der Waals surface area contributed by atoms with Gasteiger partial charge in [0.05, 0.1) is 59.8 Å². The average Bonchev–Trinajstić information content (AvgIpc) is 4.05.